The predicted octanol–water partition coefficient (Wildman–Crippen LogP) is 6.84. The Balaban J connectivity index is 1.55. The predicted molar refractivity (Wildman–Crippen MR) is 127 cm³/mol. The first kappa shape index (κ1) is 23.1. The first-order chi connectivity index (χ1) is 15.1. The molecule has 1 aromatic rings. The van der Waals surface area contributed by atoms with Gasteiger partial charge in [0.25, 0.3) is 0 Å². The molecule has 3 nitrogen and oxygen atoms in total. The maximum absolute atomic E-state index is 12.0. The van der Waals surface area contributed by atoms with Gasteiger partial charge in [-0.1, -0.05) is 49.4 Å². The molecule has 3 aliphatic rings. The summed E-state index contributed by atoms with van der Waals surface area (Å²) in [5, 5.41) is 0.802. The highest BCUT2D eigenvalue weighted by Crippen LogP contribution is 2.42. The summed E-state index contributed by atoms with van der Waals surface area (Å²) in [6.07, 6.45) is 15.2. The Morgan fingerprint density at radius 1 is 0.903 bits per heavy atom. The van der Waals surface area contributed by atoms with Crippen molar-refractivity contribution < 1.29 is 9.53 Å². The fraction of sp³-hybridized carbons (Fsp3) is 0.741. The van der Waals surface area contributed by atoms with Crippen LogP contribution in [-0.2, 0) is 9.53 Å². The van der Waals surface area contributed by atoms with E-state index in [1.165, 1.54) is 83.6 Å². The summed E-state index contributed by atoms with van der Waals surface area (Å²) in [6.45, 7) is 2.54. The highest BCUT2D eigenvalue weighted by atomic mass is 35.5. The molecule has 0 heterocycles. The van der Waals surface area contributed by atoms with Gasteiger partial charge in [0.1, 0.15) is 0 Å². The van der Waals surface area contributed by atoms with E-state index in [4.69, 9.17) is 16.3 Å². The van der Waals surface area contributed by atoms with Crippen molar-refractivity contribution in [1.29, 1.82) is 0 Å². The van der Waals surface area contributed by atoms with Crippen LogP contribution in [0.15, 0.2) is 24.3 Å². The van der Waals surface area contributed by atoms with Crippen LogP contribution in [0.5, 0.6) is 0 Å². The minimum atomic E-state index is -0.0629. The number of ether oxygens (including phenoxy) is 1. The van der Waals surface area contributed by atoms with Gasteiger partial charge in [-0.25, -0.2) is 0 Å². The van der Waals surface area contributed by atoms with E-state index in [0.29, 0.717) is 24.3 Å². The number of carbonyl (C=O) groups excluding carboxylic acids is 1. The first-order valence-corrected chi connectivity index (χ1v) is 13.1. The van der Waals surface area contributed by atoms with Crippen LogP contribution in [0, 0.1) is 17.8 Å². The van der Waals surface area contributed by atoms with Gasteiger partial charge in [-0.15, -0.1) is 0 Å². The number of hydrogen-bond donors (Lipinski definition) is 0. The van der Waals surface area contributed by atoms with Crippen LogP contribution in [0.2, 0.25) is 5.02 Å². The lowest BCUT2D eigenvalue weighted by molar-refractivity contribution is -0.142. The second-order valence-corrected chi connectivity index (χ2v) is 10.9. The van der Waals surface area contributed by atoms with Gasteiger partial charge in [-0.2, -0.15) is 0 Å². The van der Waals surface area contributed by atoms with Crippen molar-refractivity contribution in [2.45, 2.75) is 89.0 Å². The van der Waals surface area contributed by atoms with Gasteiger partial charge in [-0.3, -0.25) is 9.69 Å². The number of benzene rings is 1. The molecule has 0 aromatic heterocycles. The van der Waals surface area contributed by atoms with Crippen LogP contribution in [0.25, 0.3) is 0 Å². The molecular weight excluding hydrogens is 406 g/mol. The van der Waals surface area contributed by atoms with Gasteiger partial charge in [0.2, 0.25) is 0 Å². The molecule has 0 spiro atoms. The minimum Gasteiger partial charge on any atom is -0.469 e. The van der Waals surface area contributed by atoms with Crippen LogP contribution in [0.1, 0.15) is 88.5 Å². The standard InChI is InChI=1S/C27H40ClNO2/c1-31-27(30)17-22-10-15-26(25(16-22)23-11-13-24(28)14-12-23)29(18-20-6-2-3-7-20)19-21-8-4-5-9-21/h11-14,20-22,25-26H,2-10,15-19H2,1H3/t22-,25+,26-/m1/s1. The van der Waals surface area contributed by atoms with Crippen LogP contribution in [0.4, 0.5) is 0 Å². The third kappa shape index (κ3) is 6.26. The molecule has 0 unspecified atom stereocenters. The Morgan fingerprint density at radius 2 is 1.48 bits per heavy atom. The third-order valence-corrected chi connectivity index (χ3v) is 8.56. The largest absolute Gasteiger partial charge is 0.469 e. The van der Waals surface area contributed by atoms with Crippen LogP contribution >= 0.6 is 11.6 Å². The molecule has 0 bridgehead atoms. The molecule has 1 aromatic carbocycles. The Morgan fingerprint density at radius 3 is 2.03 bits per heavy atom. The Labute approximate surface area is 193 Å². The molecule has 0 radical (unpaired) electrons. The lowest BCUT2D eigenvalue weighted by Gasteiger charge is -2.44. The molecule has 0 saturated heterocycles. The van der Waals surface area contributed by atoms with Crippen molar-refractivity contribution in [3.63, 3.8) is 0 Å². The minimum absolute atomic E-state index is 0.0629. The van der Waals surface area contributed by atoms with E-state index >= 15 is 0 Å². The van der Waals surface area contributed by atoms with Crippen molar-refractivity contribution in [3.8, 4) is 0 Å². The zero-order chi connectivity index (χ0) is 21.6. The molecule has 3 fully saturated rings. The Bertz CT molecular complexity index is 676. The molecule has 0 amide bonds. The molecule has 4 rings (SSSR count). The number of carbonyl (C=O) groups is 1. The monoisotopic (exact) mass is 445 g/mol. The van der Waals surface area contributed by atoms with E-state index in [9.17, 15) is 4.79 Å². The van der Waals surface area contributed by atoms with E-state index in [2.05, 4.69) is 17.0 Å². The second-order valence-electron chi connectivity index (χ2n) is 10.4. The van der Waals surface area contributed by atoms with Gasteiger partial charge in [0, 0.05) is 30.6 Å². The van der Waals surface area contributed by atoms with E-state index < -0.39 is 0 Å². The zero-order valence-electron chi connectivity index (χ0n) is 19.2. The number of hydrogen-bond acceptors (Lipinski definition) is 3. The normalized spacial score (nSPS) is 27.8. The van der Waals surface area contributed by atoms with E-state index in [1.54, 1.807) is 0 Å². The highest BCUT2D eigenvalue weighted by Gasteiger charge is 2.38. The first-order valence-electron chi connectivity index (χ1n) is 12.7. The van der Waals surface area contributed by atoms with Crippen LogP contribution < -0.4 is 0 Å². The van der Waals surface area contributed by atoms with Gasteiger partial charge in [0.15, 0.2) is 0 Å². The fourth-order valence-corrected chi connectivity index (χ4v) is 6.77. The van der Waals surface area contributed by atoms with Crippen molar-refractivity contribution in [2.75, 3.05) is 20.2 Å². The van der Waals surface area contributed by atoms with Gasteiger partial charge < -0.3 is 4.74 Å². The van der Waals surface area contributed by atoms with Gasteiger partial charge in [-0.05, 0) is 86.3 Å². The van der Waals surface area contributed by atoms with Gasteiger partial charge in [0.05, 0.1) is 7.11 Å². The number of halogens is 1. The van der Waals surface area contributed by atoms with E-state index in [0.717, 1.165) is 29.7 Å². The summed E-state index contributed by atoms with van der Waals surface area (Å²) >= 11 is 6.22. The molecule has 0 N–H and O–H groups in total. The smallest absolute Gasteiger partial charge is 0.305 e. The lowest BCUT2D eigenvalue weighted by Crippen LogP contribution is -2.47. The second kappa shape index (κ2) is 11.2. The average Bonchev–Trinajstić information content (AvgIpc) is 3.48. The molecule has 172 valence electrons. The van der Waals surface area contributed by atoms with Gasteiger partial charge >= 0.3 is 5.97 Å². The maximum Gasteiger partial charge on any atom is 0.305 e. The van der Waals surface area contributed by atoms with E-state index in [-0.39, 0.29) is 5.97 Å². The number of methoxy groups -OCH3 is 1. The van der Waals surface area contributed by atoms with Crippen molar-refractivity contribution >= 4 is 17.6 Å². The Kier molecular flexibility index (Phi) is 8.34. The van der Waals surface area contributed by atoms with Crippen molar-refractivity contribution in [3.05, 3.63) is 34.9 Å². The van der Waals surface area contributed by atoms with Crippen LogP contribution in [0.3, 0.4) is 0 Å². The number of rotatable bonds is 8. The van der Waals surface area contributed by atoms with E-state index in [1.807, 2.05) is 12.1 Å². The SMILES string of the molecule is COC(=O)C[C@@H]1CC[C@@H](N(CC2CCCC2)CC2CCCC2)[C@H](c2ccc(Cl)cc2)C1. The quantitative estimate of drug-likeness (QED) is 0.410. The summed E-state index contributed by atoms with van der Waals surface area (Å²) in [5.41, 5.74) is 1.40. The summed E-state index contributed by atoms with van der Waals surface area (Å²) in [5.74, 6) is 2.58. The van der Waals surface area contributed by atoms with Crippen LogP contribution in [-0.4, -0.2) is 37.1 Å². The number of nitrogens with zero attached hydrogens (tertiary/aromatic N) is 1. The summed E-state index contributed by atoms with van der Waals surface area (Å²) in [6, 6.07) is 9.11. The zero-order valence-corrected chi connectivity index (χ0v) is 20.0. The molecule has 0 aliphatic heterocycles. The molecule has 31 heavy (non-hydrogen) atoms. The molecule has 3 saturated carbocycles. The molecule has 3 atom stereocenters. The fourth-order valence-electron chi connectivity index (χ4n) is 6.65. The summed E-state index contributed by atoms with van der Waals surface area (Å²) in [4.78, 5) is 14.9. The average molecular weight is 446 g/mol. The third-order valence-electron chi connectivity index (χ3n) is 8.31. The molecule has 3 aliphatic carbocycles. The lowest BCUT2D eigenvalue weighted by atomic mass is 9.72. The van der Waals surface area contributed by atoms with Crippen molar-refractivity contribution in [1.82, 2.24) is 4.90 Å². The summed E-state index contributed by atoms with van der Waals surface area (Å²) < 4.78 is 4.99. The summed E-state index contributed by atoms with van der Waals surface area (Å²) in [7, 11) is 1.51. The van der Waals surface area contributed by atoms with Crippen molar-refractivity contribution in [2.24, 2.45) is 17.8 Å². The topological polar surface area (TPSA) is 29.5 Å². The Hall–Kier alpha value is -1.06. The molecular formula is C27H40ClNO2. The maximum atomic E-state index is 12.0. The molecule has 4 heteroatoms. The highest BCUT2D eigenvalue weighted by molar-refractivity contribution is 6.30. The number of esters is 1.